The van der Waals surface area contributed by atoms with Crippen molar-refractivity contribution in [1.82, 2.24) is 0 Å². The third-order valence-corrected chi connectivity index (χ3v) is 2.85. The van der Waals surface area contributed by atoms with Crippen molar-refractivity contribution in [3.05, 3.63) is 35.4 Å². The zero-order valence-electron chi connectivity index (χ0n) is 9.58. The fourth-order valence-electron chi connectivity index (χ4n) is 1.84. The van der Waals surface area contributed by atoms with E-state index in [1.165, 1.54) is 0 Å². The minimum absolute atomic E-state index is 0.158. The maximum atomic E-state index is 13.5. The van der Waals surface area contributed by atoms with Gasteiger partial charge in [0.25, 0.3) is 0 Å². The summed E-state index contributed by atoms with van der Waals surface area (Å²) < 4.78 is 31.8. The van der Waals surface area contributed by atoms with E-state index >= 15 is 0 Å². The molecule has 0 spiro atoms. The number of halogens is 2. The second-order valence-electron chi connectivity index (χ2n) is 4.20. The molecule has 0 aromatic heterocycles. The van der Waals surface area contributed by atoms with Gasteiger partial charge in [0.05, 0.1) is 5.56 Å². The molecule has 4 heteroatoms. The van der Waals surface area contributed by atoms with Crippen LogP contribution in [-0.2, 0) is 4.74 Å². The fraction of sp³-hybridized carbons (Fsp3) is 0.462. The molecule has 0 heterocycles. The largest absolute Gasteiger partial charge is 0.370 e. The van der Waals surface area contributed by atoms with E-state index in [1.807, 2.05) is 0 Å². The molecule has 2 nitrogen and oxygen atoms in total. The zero-order chi connectivity index (χ0) is 12.4. The molecule has 1 aliphatic rings. The van der Waals surface area contributed by atoms with Crippen LogP contribution in [0.1, 0.15) is 30.1 Å². The Morgan fingerprint density at radius 3 is 2.76 bits per heavy atom. The third-order valence-electron chi connectivity index (χ3n) is 2.85. The van der Waals surface area contributed by atoms with E-state index < -0.39 is 23.5 Å². The van der Waals surface area contributed by atoms with Crippen LogP contribution in [0.3, 0.4) is 0 Å². The van der Waals surface area contributed by atoms with Gasteiger partial charge < -0.3 is 4.74 Å². The Morgan fingerprint density at radius 2 is 2.18 bits per heavy atom. The van der Waals surface area contributed by atoms with E-state index in [-0.39, 0.29) is 11.5 Å². The molecule has 1 atom stereocenters. The van der Waals surface area contributed by atoms with E-state index in [1.54, 1.807) is 6.92 Å². The molecular formula is C13H14F2O2. The van der Waals surface area contributed by atoms with Gasteiger partial charge in [-0.3, -0.25) is 4.79 Å². The molecule has 1 saturated carbocycles. The Balaban J connectivity index is 2.24. The Labute approximate surface area is 98.6 Å². The van der Waals surface area contributed by atoms with Crippen LogP contribution in [-0.4, -0.2) is 18.5 Å². The lowest BCUT2D eigenvalue weighted by atomic mass is 10.0. The van der Waals surface area contributed by atoms with Gasteiger partial charge in [0, 0.05) is 6.61 Å². The number of carbonyl (C=O) groups is 1. The van der Waals surface area contributed by atoms with Crippen molar-refractivity contribution in [3.8, 4) is 0 Å². The number of Topliss-reactive ketones (excluding diaryl/α,β-unsaturated/α-hetero) is 1. The van der Waals surface area contributed by atoms with E-state index in [4.69, 9.17) is 4.74 Å². The highest BCUT2D eigenvalue weighted by atomic mass is 19.1. The van der Waals surface area contributed by atoms with Gasteiger partial charge in [-0.2, -0.15) is 0 Å². The average molecular weight is 240 g/mol. The smallest absolute Gasteiger partial charge is 0.194 e. The molecule has 92 valence electrons. The number of ketones is 1. The highest BCUT2D eigenvalue weighted by Gasteiger charge is 2.38. The van der Waals surface area contributed by atoms with Crippen LogP contribution in [0.5, 0.6) is 0 Å². The third kappa shape index (κ3) is 2.69. The molecule has 0 N–H and O–H groups in total. The molecule has 1 aliphatic carbocycles. The van der Waals surface area contributed by atoms with E-state index in [2.05, 4.69) is 0 Å². The highest BCUT2D eigenvalue weighted by Crippen LogP contribution is 2.36. The van der Waals surface area contributed by atoms with Gasteiger partial charge in [-0.1, -0.05) is 0 Å². The zero-order valence-corrected chi connectivity index (χ0v) is 9.58. The van der Waals surface area contributed by atoms with E-state index in [9.17, 15) is 13.6 Å². The van der Waals surface area contributed by atoms with Gasteiger partial charge in [-0.05, 0) is 43.9 Å². The number of ether oxygens (including phenoxy) is 1. The SMILES string of the molecule is CCOC(C(=O)c1cc(F)ccc1F)C1CC1. The van der Waals surface area contributed by atoms with Gasteiger partial charge in [-0.15, -0.1) is 0 Å². The van der Waals surface area contributed by atoms with E-state index in [0.29, 0.717) is 6.61 Å². The maximum absolute atomic E-state index is 13.5. The molecule has 0 aliphatic heterocycles. The van der Waals surface area contributed by atoms with Crippen molar-refractivity contribution in [2.24, 2.45) is 5.92 Å². The summed E-state index contributed by atoms with van der Waals surface area (Å²) in [4.78, 5) is 12.1. The molecule has 1 fully saturated rings. The first-order valence-corrected chi connectivity index (χ1v) is 5.74. The molecule has 1 aromatic rings. The quantitative estimate of drug-likeness (QED) is 0.739. The van der Waals surface area contributed by atoms with Crippen molar-refractivity contribution >= 4 is 5.78 Å². The van der Waals surface area contributed by atoms with Crippen LogP contribution >= 0.6 is 0 Å². The Hall–Kier alpha value is -1.29. The number of hydrogen-bond donors (Lipinski definition) is 0. The topological polar surface area (TPSA) is 26.3 Å². The number of hydrogen-bond acceptors (Lipinski definition) is 2. The summed E-state index contributed by atoms with van der Waals surface area (Å²) in [7, 11) is 0. The Morgan fingerprint density at radius 1 is 1.47 bits per heavy atom. The van der Waals surface area contributed by atoms with Crippen LogP contribution in [0, 0.1) is 17.6 Å². The Bertz CT molecular complexity index is 427. The van der Waals surface area contributed by atoms with Gasteiger partial charge >= 0.3 is 0 Å². The molecule has 0 saturated heterocycles. The standard InChI is InChI=1S/C13H14F2O2/c1-2-17-13(8-3-4-8)12(16)10-7-9(14)5-6-11(10)15/h5-8,13H,2-4H2,1H3. The molecule has 1 unspecified atom stereocenters. The molecule has 1 aromatic carbocycles. The van der Waals surface area contributed by atoms with Crippen LogP contribution in [0.15, 0.2) is 18.2 Å². The first-order valence-electron chi connectivity index (χ1n) is 5.74. The predicted molar refractivity (Wildman–Crippen MR) is 58.8 cm³/mol. The number of benzene rings is 1. The van der Waals surface area contributed by atoms with Crippen LogP contribution < -0.4 is 0 Å². The van der Waals surface area contributed by atoms with Gasteiger partial charge in [0.15, 0.2) is 5.78 Å². The van der Waals surface area contributed by atoms with Crippen molar-refractivity contribution < 1.29 is 18.3 Å². The lowest BCUT2D eigenvalue weighted by Gasteiger charge is -2.15. The molecule has 0 amide bonds. The van der Waals surface area contributed by atoms with E-state index in [0.717, 1.165) is 31.0 Å². The second kappa shape index (κ2) is 4.92. The summed E-state index contributed by atoms with van der Waals surface area (Å²) in [6.45, 7) is 2.18. The monoisotopic (exact) mass is 240 g/mol. The van der Waals surface area contributed by atoms with Crippen molar-refractivity contribution in [3.63, 3.8) is 0 Å². The normalized spacial score (nSPS) is 16.9. The van der Waals surface area contributed by atoms with Crippen LogP contribution in [0.4, 0.5) is 8.78 Å². The fourth-order valence-corrected chi connectivity index (χ4v) is 1.84. The molecule has 17 heavy (non-hydrogen) atoms. The lowest BCUT2D eigenvalue weighted by molar-refractivity contribution is 0.0371. The van der Waals surface area contributed by atoms with Gasteiger partial charge in [0.2, 0.25) is 0 Å². The van der Waals surface area contributed by atoms with Crippen molar-refractivity contribution in [2.75, 3.05) is 6.61 Å². The molecule has 2 rings (SSSR count). The minimum atomic E-state index is -0.693. The average Bonchev–Trinajstić information content (AvgIpc) is 3.12. The van der Waals surface area contributed by atoms with Gasteiger partial charge in [0.1, 0.15) is 17.7 Å². The second-order valence-corrected chi connectivity index (χ2v) is 4.20. The van der Waals surface area contributed by atoms with Crippen molar-refractivity contribution in [1.29, 1.82) is 0 Å². The summed E-state index contributed by atoms with van der Waals surface area (Å²) in [5.74, 6) is -1.60. The highest BCUT2D eigenvalue weighted by molar-refractivity contribution is 6.00. The van der Waals surface area contributed by atoms with Crippen molar-refractivity contribution in [2.45, 2.75) is 25.9 Å². The number of rotatable bonds is 5. The molecule has 0 bridgehead atoms. The van der Waals surface area contributed by atoms with Crippen LogP contribution in [0.25, 0.3) is 0 Å². The first kappa shape index (κ1) is 12.2. The summed E-state index contributed by atoms with van der Waals surface area (Å²) in [5, 5.41) is 0. The molecular weight excluding hydrogens is 226 g/mol. The molecule has 0 radical (unpaired) electrons. The number of carbonyl (C=O) groups excluding carboxylic acids is 1. The lowest BCUT2D eigenvalue weighted by Crippen LogP contribution is -2.27. The minimum Gasteiger partial charge on any atom is -0.370 e. The summed E-state index contributed by atoms with van der Waals surface area (Å²) >= 11 is 0. The van der Waals surface area contributed by atoms with Crippen LogP contribution in [0.2, 0.25) is 0 Å². The summed E-state index contributed by atoms with van der Waals surface area (Å²) in [6, 6.07) is 2.91. The Kier molecular flexibility index (Phi) is 3.52. The summed E-state index contributed by atoms with van der Waals surface area (Å²) in [6.07, 6.45) is 1.19. The predicted octanol–water partition coefficient (Wildman–Crippen LogP) is 2.96. The first-order chi connectivity index (χ1) is 8.13. The maximum Gasteiger partial charge on any atom is 0.194 e. The van der Waals surface area contributed by atoms with Gasteiger partial charge in [-0.25, -0.2) is 8.78 Å². The summed E-state index contributed by atoms with van der Waals surface area (Å²) in [5.41, 5.74) is -0.213.